The molecule has 0 spiro atoms. The van der Waals surface area contributed by atoms with Crippen LogP contribution in [0.5, 0.6) is 0 Å². The van der Waals surface area contributed by atoms with E-state index in [4.69, 9.17) is 5.11 Å². The van der Waals surface area contributed by atoms with Crippen molar-refractivity contribution in [1.29, 1.82) is 0 Å². The first kappa shape index (κ1) is 15.5. The van der Waals surface area contributed by atoms with E-state index in [0.29, 0.717) is 25.2 Å². The van der Waals surface area contributed by atoms with E-state index in [1.807, 2.05) is 18.9 Å². The van der Waals surface area contributed by atoms with E-state index < -0.39 is 5.97 Å². The van der Waals surface area contributed by atoms with Crippen LogP contribution in [0.25, 0.3) is 0 Å². The number of aliphatic carboxylic acids is 1. The quantitative estimate of drug-likeness (QED) is 0.840. The lowest BCUT2D eigenvalue weighted by Gasteiger charge is -2.34. The maximum atomic E-state index is 12.5. The summed E-state index contributed by atoms with van der Waals surface area (Å²) in [6.07, 6.45) is 2.66. The van der Waals surface area contributed by atoms with Gasteiger partial charge < -0.3 is 10.0 Å². The van der Waals surface area contributed by atoms with Gasteiger partial charge in [0.2, 0.25) is 0 Å². The molecule has 1 aromatic heterocycles. The molecule has 7 nitrogen and oxygen atoms in total. The molecule has 0 atom stereocenters. The number of aryl methyl sites for hydroxylation is 2. The highest BCUT2D eigenvalue weighted by Gasteiger charge is 2.25. The summed E-state index contributed by atoms with van der Waals surface area (Å²) in [5, 5.41) is 13.0. The lowest BCUT2D eigenvalue weighted by atomic mass is 10.1. The molecular formula is C14H22N4O3. The third-order valence-corrected chi connectivity index (χ3v) is 3.77. The fourth-order valence-corrected chi connectivity index (χ4v) is 2.57. The Labute approximate surface area is 124 Å². The average molecular weight is 294 g/mol. The lowest BCUT2D eigenvalue weighted by molar-refractivity contribution is -0.137. The van der Waals surface area contributed by atoms with Gasteiger partial charge in [-0.25, -0.2) is 0 Å². The standard InChI is InChI=1S/C14H22N4O3/c1-3-12-11(10-16(2)15-12)14(21)18-8-6-17(7-9-18)5-4-13(19)20/h10H,3-9H2,1-2H3,(H,19,20). The van der Waals surface area contributed by atoms with Gasteiger partial charge in [-0.3, -0.25) is 19.2 Å². The van der Waals surface area contributed by atoms with Crippen LogP contribution in [-0.2, 0) is 18.3 Å². The number of hydrogen-bond acceptors (Lipinski definition) is 4. The van der Waals surface area contributed by atoms with E-state index in [0.717, 1.165) is 25.2 Å². The van der Waals surface area contributed by atoms with E-state index >= 15 is 0 Å². The van der Waals surface area contributed by atoms with Crippen LogP contribution in [0.3, 0.4) is 0 Å². The van der Waals surface area contributed by atoms with Crippen molar-refractivity contribution >= 4 is 11.9 Å². The van der Waals surface area contributed by atoms with Gasteiger partial charge in [-0.15, -0.1) is 0 Å². The molecule has 1 aliphatic heterocycles. The molecule has 2 heterocycles. The first-order valence-electron chi connectivity index (χ1n) is 7.27. The number of rotatable bonds is 5. The highest BCUT2D eigenvalue weighted by atomic mass is 16.4. The van der Waals surface area contributed by atoms with E-state index in [1.54, 1.807) is 10.9 Å². The molecule has 116 valence electrons. The molecular weight excluding hydrogens is 272 g/mol. The Morgan fingerprint density at radius 2 is 1.95 bits per heavy atom. The number of amides is 1. The molecule has 1 saturated heterocycles. The maximum absolute atomic E-state index is 12.5. The first-order chi connectivity index (χ1) is 10.0. The zero-order valence-electron chi connectivity index (χ0n) is 12.6. The summed E-state index contributed by atoms with van der Waals surface area (Å²) in [6, 6.07) is 0. The van der Waals surface area contributed by atoms with Crippen molar-refractivity contribution < 1.29 is 14.7 Å². The Bertz CT molecular complexity index is 518. The summed E-state index contributed by atoms with van der Waals surface area (Å²) in [4.78, 5) is 27.0. The summed E-state index contributed by atoms with van der Waals surface area (Å²) >= 11 is 0. The summed E-state index contributed by atoms with van der Waals surface area (Å²) in [7, 11) is 1.82. The topological polar surface area (TPSA) is 78.7 Å². The molecule has 0 aromatic carbocycles. The normalized spacial score (nSPS) is 16.2. The van der Waals surface area contributed by atoms with Crippen LogP contribution in [0.1, 0.15) is 29.4 Å². The highest BCUT2D eigenvalue weighted by molar-refractivity contribution is 5.95. The number of carboxylic acids is 1. The van der Waals surface area contributed by atoms with Crippen LogP contribution in [0.2, 0.25) is 0 Å². The minimum atomic E-state index is -0.781. The fraction of sp³-hybridized carbons (Fsp3) is 0.643. The van der Waals surface area contributed by atoms with Crippen molar-refractivity contribution in [2.24, 2.45) is 7.05 Å². The van der Waals surface area contributed by atoms with Gasteiger partial charge in [0.25, 0.3) is 5.91 Å². The van der Waals surface area contributed by atoms with E-state index in [2.05, 4.69) is 10.00 Å². The predicted octanol–water partition coefficient (Wildman–Crippen LogP) is 0.215. The van der Waals surface area contributed by atoms with Crippen LogP contribution >= 0.6 is 0 Å². The van der Waals surface area contributed by atoms with Crippen molar-refractivity contribution in [3.63, 3.8) is 0 Å². The third-order valence-electron chi connectivity index (χ3n) is 3.77. The summed E-state index contributed by atoms with van der Waals surface area (Å²) in [5.41, 5.74) is 1.51. The molecule has 0 unspecified atom stereocenters. The van der Waals surface area contributed by atoms with Crippen molar-refractivity contribution in [1.82, 2.24) is 19.6 Å². The van der Waals surface area contributed by atoms with Crippen LogP contribution in [-0.4, -0.2) is 69.3 Å². The first-order valence-corrected chi connectivity index (χ1v) is 7.27. The maximum Gasteiger partial charge on any atom is 0.304 e. The Kier molecular flexibility index (Phi) is 4.95. The second-order valence-electron chi connectivity index (χ2n) is 5.29. The molecule has 1 aromatic rings. The van der Waals surface area contributed by atoms with Crippen molar-refractivity contribution in [2.45, 2.75) is 19.8 Å². The zero-order valence-corrected chi connectivity index (χ0v) is 12.6. The van der Waals surface area contributed by atoms with Crippen LogP contribution < -0.4 is 0 Å². The van der Waals surface area contributed by atoms with Gasteiger partial charge in [-0.05, 0) is 6.42 Å². The molecule has 1 amide bonds. The van der Waals surface area contributed by atoms with Gasteiger partial charge in [-0.2, -0.15) is 5.10 Å². The SMILES string of the molecule is CCc1nn(C)cc1C(=O)N1CCN(CCC(=O)O)CC1. The highest BCUT2D eigenvalue weighted by Crippen LogP contribution is 2.13. The third kappa shape index (κ3) is 3.81. The van der Waals surface area contributed by atoms with Gasteiger partial charge in [0, 0.05) is 46.0 Å². The molecule has 1 fully saturated rings. The Hall–Kier alpha value is -1.89. The van der Waals surface area contributed by atoms with Crippen LogP contribution in [0.4, 0.5) is 0 Å². The van der Waals surface area contributed by atoms with Gasteiger partial charge >= 0.3 is 5.97 Å². The monoisotopic (exact) mass is 294 g/mol. The molecule has 21 heavy (non-hydrogen) atoms. The molecule has 2 rings (SSSR count). The van der Waals surface area contributed by atoms with E-state index in [1.165, 1.54) is 0 Å². The van der Waals surface area contributed by atoms with Crippen LogP contribution in [0.15, 0.2) is 6.20 Å². The van der Waals surface area contributed by atoms with Gasteiger partial charge in [0.15, 0.2) is 0 Å². The van der Waals surface area contributed by atoms with Crippen molar-refractivity contribution in [2.75, 3.05) is 32.7 Å². The zero-order chi connectivity index (χ0) is 15.4. The average Bonchev–Trinajstić information content (AvgIpc) is 2.86. The van der Waals surface area contributed by atoms with Gasteiger partial charge in [-0.1, -0.05) is 6.92 Å². The number of hydrogen-bond donors (Lipinski definition) is 1. The molecule has 1 N–H and O–H groups in total. The van der Waals surface area contributed by atoms with Crippen molar-refractivity contribution in [3.05, 3.63) is 17.5 Å². The van der Waals surface area contributed by atoms with Gasteiger partial charge in [0.1, 0.15) is 0 Å². The second kappa shape index (κ2) is 6.71. The van der Waals surface area contributed by atoms with Gasteiger partial charge in [0.05, 0.1) is 17.7 Å². The predicted molar refractivity (Wildman–Crippen MR) is 77.2 cm³/mol. The molecule has 0 aliphatic carbocycles. The minimum absolute atomic E-state index is 0.0258. The summed E-state index contributed by atoms with van der Waals surface area (Å²) in [5.74, 6) is -0.755. The number of nitrogens with zero attached hydrogens (tertiary/aromatic N) is 4. The van der Waals surface area contributed by atoms with E-state index in [9.17, 15) is 9.59 Å². The Morgan fingerprint density at radius 1 is 1.29 bits per heavy atom. The number of carbonyl (C=O) groups excluding carboxylic acids is 1. The molecule has 0 radical (unpaired) electrons. The fourth-order valence-electron chi connectivity index (χ4n) is 2.57. The largest absolute Gasteiger partial charge is 0.481 e. The molecule has 1 aliphatic rings. The van der Waals surface area contributed by atoms with Crippen LogP contribution in [0, 0.1) is 0 Å². The summed E-state index contributed by atoms with van der Waals surface area (Å²) < 4.78 is 1.68. The van der Waals surface area contributed by atoms with E-state index in [-0.39, 0.29) is 12.3 Å². The Balaban J connectivity index is 1.92. The Morgan fingerprint density at radius 3 is 2.52 bits per heavy atom. The summed E-state index contributed by atoms with van der Waals surface area (Å²) in [6.45, 7) is 5.25. The molecule has 7 heteroatoms. The van der Waals surface area contributed by atoms with Crippen molar-refractivity contribution in [3.8, 4) is 0 Å². The number of carboxylic acid groups (broad SMARTS) is 1. The smallest absolute Gasteiger partial charge is 0.304 e. The minimum Gasteiger partial charge on any atom is -0.481 e. The second-order valence-corrected chi connectivity index (χ2v) is 5.29. The number of aromatic nitrogens is 2. The molecule has 0 bridgehead atoms. The number of carbonyl (C=O) groups is 2. The lowest BCUT2D eigenvalue weighted by Crippen LogP contribution is -2.49. The number of piperazine rings is 1. The molecule has 0 saturated carbocycles.